The van der Waals surface area contributed by atoms with Gasteiger partial charge in [-0.1, -0.05) is 6.07 Å². The maximum absolute atomic E-state index is 13.5. The first kappa shape index (κ1) is 11.9. The normalized spacial score (nSPS) is 19.8. The fourth-order valence-electron chi connectivity index (χ4n) is 2.08. The van der Waals surface area contributed by atoms with Gasteiger partial charge in [-0.3, -0.25) is 4.79 Å². The maximum atomic E-state index is 13.5. The first-order valence-corrected chi connectivity index (χ1v) is 5.83. The highest BCUT2D eigenvalue weighted by Crippen LogP contribution is 2.19. The van der Waals surface area contributed by atoms with E-state index in [0.717, 1.165) is 18.5 Å². The van der Waals surface area contributed by atoms with E-state index in [-0.39, 0.29) is 17.6 Å². The number of carbonyl (C=O) groups excluding carboxylic acids is 1. The van der Waals surface area contributed by atoms with Crippen molar-refractivity contribution in [3.8, 4) is 0 Å². The molecule has 1 amide bonds. The molecule has 1 fully saturated rings. The van der Waals surface area contributed by atoms with Crippen LogP contribution in [-0.4, -0.2) is 30.9 Å². The molecule has 1 aliphatic rings. The molecule has 1 atom stereocenters. The second-order valence-electron chi connectivity index (χ2n) is 4.61. The number of hydrogen-bond donors (Lipinski definition) is 1. The lowest BCUT2D eigenvalue weighted by molar-refractivity contribution is -0.129. The Kier molecular flexibility index (Phi) is 3.31. The van der Waals surface area contributed by atoms with Crippen LogP contribution in [0.4, 0.5) is 10.1 Å². The van der Waals surface area contributed by atoms with Crippen LogP contribution in [0.25, 0.3) is 0 Å². The molecule has 1 heterocycles. The van der Waals surface area contributed by atoms with Crippen LogP contribution in [0, 0.1) is 18.7 Å². The van der Waals surface area contributed by atoms with E-state index >= 15 is 0 Å². The van der Waals surface area contributed by atoms with Gasteiger partial charge >= 0.3 is 0 Å². The summed E-state index contributed by atoms with van der Waals surface area (Å²) >= 11 is 0. The van der Waals surface area contributed by atoms with E-state index in [9.17, 15) is 9.18 Å². The number of carbonyl (C=O) groups is 1. The van der Waals surface area contributed by atoms with Gasteiger partial charge in [0.15, 0.2) is 0 Å². The number of rotatable bonds is 3. The van der Waals surface area contributed by atoms with Crippen LogP contribution in [0.15, 0.2) is 18.2 Å². The van der Waals surface area contributed by atoms with Crippen LogP contribution < -0.4 is 5.32 Å². The van der Waals surface area contributed by atoms with Gasteiger partial charge in [0.05, 0.1) is 11.6 Å². The van der Waals surface area contributed by atoms with E-state index in [4.69, 9.17) is 0 Å². The average molecular weight is 236 g/mol. The van der Waals surface area contributed by atoms with Crippen molar-refractivity contribution in [1.29, 1.82) is 0 Å². The summed E-state index contributed by atoms with van der Waals surface area (Å²) in [6.07, 6.45) is 0.843. The molecular weight excluding hydrogens is 219 g/mol. The van der Waals surface area contributed by atoms with Gasteiger partial charge in [0.1, 0.15) is 5.82 Å². The Labute approximate surface area is 101 Å². The quantitative estimate of drug-likeness (QED) is 0.870. The lowest BCUT2D eigenvalue weighted by Crippen LogP contribution is -2.26. The predicted octanol–water partition coefficient (Wildman–Crippen LogP) is 2.02. The van der Waals surface area contributed by atoms with Crippen molar-refractivity contribution < 1.29 is 9.18 Å². The molecule has 0 aliphatic carbocycles. The average Bonchev–Trinajstić information content (AvgIpc) is 2.59. The van der Waals surface area contributed by atoms with Gasteiger partial charge in [-0.05, 0) is 31.0 Å². The van der Waals surface area contributed by atoms with Crippen LogP contribution in [0.2, 0.25) is 0 Å². The SMILES string of the molecule is Cc1ccc(NC[C@@H]2CCN(C)C2=O)c(F)c1. The first-order chi connectivity index (χ1) is 8.08. The Morgan fingerprint density at radius 3 is 2.88 bits per heavy atom. The molecule has 3 nitrogen and oxygen atoms in total. The van der Waals surface area contributed by atoms with Gasteiger partial charge < -0.3 is 10.2 Å². The second kappa shape index (κ2) is 4.73. The topological polar surface area (TPSA) is 32.3 Å². The molecule has 1 saturated heterocycles. The highest BCUT2D eigenvalue weighted by Gasteiger charge is 2.28. The molecule has 17 heavy (non-hydrogen) atoms. The Morgan fingerprint density at radius 2 is 2.29 bits per heavy atom. The third kappa shape index (κ3) is 2.57. The number of benzene rings is 1. The minimum absolute atomic E-state index is 0.0271. The van der Waals surface area contributed by atoms with E-state index in [0.29, 0.717) is 12.2 Å². The highest BCUT2D eigenvalue weighted by atomic mass is 19.1. The van der Waals surface area contributed by atoms with Gasteiger partial charge in [0, 0.05) is 20.1 Å². The molecule has 4 heteroatoms. The zero-order valence-electron chi connectivity index (χ0n) is 10.2. The summed E-state index contributed by atoms with van der Waals surface area (Å²) in [5.74, 6) is -0.144. The zero-order valence-corrected chi connectivity index (χ0v) is 10.2. The molecule has 0 unspecified atom stereocenters. The summed E-state index contributed by atoms with van der Waals surface area (Å²) < 4.78 is 13.5. The lowest BCUT2D eigenvalue weighted by Gasteiger charge is -2.13. The van der Waals surface area contributed by atoms with Gasteiger partial charge in [-0.15, -0.1) is 0 Å². The first-order valence-electron chi connectivity index (χ1n) is 5.83. The smallest absolute Gasteiger partial charge is 0.227 e. The number of likely N-dealkylation sites (tertiary alicyclic amines) is 1. The van der Waals surface area contributed by atoms with Crippen molar-refractivity contribution in [3.05, 3.63) is 29.6 Å². The standard InChI is InChI=1S/C13H17FN2O/c1-9-3-4-12(11(14)7-9)15-8-10-5-6-16(2)13(10)17/h3-4,7,10,15H,5-6,8H2,1-2H3/t10-/m0/s1. The lowest BCUT2D eigenvalue weighted by atomic mass is 10.1. The van der Waals surface area contributed by atoms with Crippen molar-refractivity contribution in [2.45, 2.75) is 13.3 Å². The van der Waals surface area contributed by atoms with Crippen molar-refractivity contribution >= 4 is 11.6 Å². The molecule has 2 rings (SSSR count). The molecule has 1 aliphatic heterocycles. The Bertz CT molecular complexity index is 433. The molecule has 1 N–H and O–H groups in total. The maximum Gasteiger partial charge on any atom is 0.227 e. The summed E-state index contributed by atoms with van der Waals surface area (Å²) in [5.41, 5.74) is 1.36. The van der Waals surface area contributed by atoms with Gasteiger partial charge in [0.2, 0.25) is 5.91 Å². The molecule has 0 spiro atoms. The summed E-state index contributed by atoms with van der Waals surface area (Å²) in [6.45, 7) is 3.15. The Balaban J connectivity index is 1.96. The van der Waals surface area contributed by atoms with Gasteiger partial charge in [-0.2, -0.15) is 0 Å². The van der Waals surface area contributed by atoms with Crippen LogP contribution in [0.1, 0.15) is 12.0 Å². The number of halogens is 1. The van der Waals surface area contributed by atoms with E-state index in [1.54, 1.807) is 18.0 Å². The fraction of sp³-hybridized carbons (Fsp3) is 0.462. The summed E-state index contributed by atoms with van der Waals surface area (Å²) in [4.78, 5) is 13.4. The Morgan fingerprint density at radius 1 is 1.53 bits per heavy atom. The number of nitrogens with one attached hydrogen (secondary N) is 1. The van der Waals surface area contributed by atoms with Crippen molar-refractivity contribution in [1.82, 2.24) is 4.90 Å². The molecule has 0 bridgehead atoms. The molecule has 0 radical (unpaired) electrons. The summed E-state index contributed by atoms with van der Waals surface area (Å²) in [7, 11) is 1.80. The van der Waals surface area contributed by atoms with Crippen molar-refractivity contribution in [3.63, 3.8) is 0 Å². The van der Waals surface area contributed by atoms with E-state index in [1.165, 1.54) is 6.07 Å². The molecule has 1 aromatic carbocycles. The summed E-state index contributed by atoms with van der Waals surface area (Å²) in [6, 6.07) is 5.06. The van der Waals surface area contributed by atoms with Crippen LogP contribution >= 0.6 is 0 Å². The van der Waals surface area contributed by atoms with E-state index in [2.05, 4.69) is 5.32 Å². The predicted molar refractivity (Wildman–Crippen MR) is 65.4 cm³/mol. The molecule has 92 valence electrons. The van der Waals surface area contributed by atoms with Gasteiger partial charge in [0.25, 0.3) is 0 Å². The zero-order chi connectivity index (χ0) is 12.4. The minimum atomic E-state index is -0.260. The molecule has 1 aromatic rings. The van der Waals surface area contributed by atoms with Crippen LogP contribution in [-0.2, 0) is 4.79 Å². The fourth-order valence-corrected chi connectivity index (χ4v) is 2.08. The van der Waals surface area contributed by atoms with E-state index < -0.39 is 0 Å². The number of aryl methyl sites for hydroxylation is 1. The highest BCUT2D eigenvalue weighted by molar-refractivity contribution is 5.81. The van der Waals surface area contributed by atoms with E-state index in [1.807, 2.05) is 13.0 Å². The Hall–Kier alpha value is -1.58. The van der Waals surface area contributed by atoms with Crippen LogP contribution in [0.5, 0.6) is 0 Å². The minimum Gasteiger partial charge on any atom is -0.382 e. The van der Waals surface area contributed by atoms with Crippen molar-refractivity contribution in [2.24, 2.45) is 5.92 Å². The third-order valence-electron chi connectivity index (χ3n) is 3.20. The molecule has 0 aromatic heterocycles. The number of amides is 1. The second-order valence-corrected chi connectivity index (χ2v) is 4.61. The monoisotopic (exact) mass is 236 g/mol. The number of anilines is 1. The molecular formula is C13H17FN2O. The third-order valence-corrected chi connectivity index (χ3v) is 3.20. The molecule has 0 saturated carbocycles. The number of hydrogen-bond acceptors (Lipinski definition) is 2. The largest absolute Gasteiger partial charge is 0.382 e. The number of nitrogens with zero attached hydrogens (tertiary/aromatic N) is 1. The van der Waals surface area contributed by atoms with Crippen LogP contribution in [0.3, 0.4) is 0 Å². The van der Waals surface area contributed by atoms with Gasteiger partial charge in [-0.25, -0.2) is 4.39 Å². The summed E-state index contributed by atoms with van der Waals surface area (Å²) in [5, 5.41) is 3.01. The van der Waals surface area contributed by atoms with Crippen molar-refractivity contribution in [2.75, 3.05) is 25.5 Å².